The van der Waals surface area contributed by atoms with Crippen LogP contribution >= 0.6 is 27.5 Å². The first kappa shape index (κ1) is 13.1. The molecule has 0 aliphatic carbocycles. The maximum atomic E-state index is 11.5. The van der Waals surface area contributed by atoms with Crippen LogP contribution in [-0.2, 0) is 0 Å². The van der Waals surface area contributed by atoms with Gasteiger partial charge in [-0.05, 0) is 53.2 Å². The van der Waals surface area contributed by atoms with E-state index in [1.807, 2.05) is 6.07 Å². The Hall–Kier alpha value is -1.32. The van der Waals surface area contributed by atoms with Crippen LogP contribution in [0.25, 0.3) is 0 Å². The van der Waals surface area contributed by atoms with E-state index < -0.39 is 0 Å². The Morgan fingerprint density at radius 2 is 1.89 bits per heavy atom. The van der Waals surface area contributed by atoms with E-state index in [9.17, 15) is 4.79 Å². The van der Waals surface area contributed by atoms with Crippen molar-refractivity contribution in [3.05, 3.63) is 57.5 Å². The van der Waals surface area contributed by atoms with Crippen molar-refractivity contribution in [3.63, 3.8) is 0 Å². The second kappa shape index (κ2) is 5.55. The zero-order chi connectivity index (χ0) is 13.1. The fourth-order valence-corrected chi connectivity index (χ4v) is 2.29. The first-order valence-corrected chi connectivity index (χ1v) is 6.48. The van der Waals surface area contributed by atoms with Gasteiger partial charge in [0.1, 0.15) is 11.5 Å². The van der Waals surface area contributed by atoms with Gasteiger partial charge in [-0.1, -0.05) is 23.7 Å². The van der Waals surface area contributed by atoms with Crippen LogP contribution in [0.4, 0.5) is 0 Å². The summed E-state index contributed by atoms with van der Waals surface area (Å²) in [6.45, 7) is 1.51. The Bertz CT molecular complexity index is 596. The number of ether oxygens (including phenoxy) is 1. The minimum absolute atomic E-state index is 0.0318. The molecular formula is C14H10BrClO2. The molecule has 0 N–H and O–H groups in total. The summed E-state index contributed by atoms with van der Waals surface area (Å²) in [6, 6.07) is 12.4. The minimum atomic E-state index is -0.0318. The van der Waals surface area contributed by atoms with Crippen molar-refractivity contribution in [2.24, 2.45) is 0 Å². The molecule has 0 aromatic heterocycles. The maximum Gasteiger partial charge on any atom is 0.163 e. The Kier molecular flexibility index (Phi) is 4.04. The van der Waals surface area contributed by atoms with Crippen molar-refractivity contribution in [1.82, 2.24) is 0 Å². The predicted octanol–water partition coefficient (Wildman–Crippen LogP) is 5.10. The zero-order valence-corrected chi connectivity index (χ0v) is 12.0. The van der Waals surface area contributed by atoms with Gasteiger partial charge < -0.3 is 4.74 Å². The van der Waals surface area contributed by atoms with E-state index in [1.54, 1.807) is 36.4 Å². The third-order valence-corrected chi connectivity index (χ3v) is 3.24. The van der Waals surface area contributed by atoms with Gasteiger partial charge in [0.25, 0.3) is 0 Å². The molecule has 0 unspecified atom stereocenters. The molecule has 0 saturated heterocycles. The van der Waals surface area contributed by atoms with Crippen LogP contribution in [0.5, 0.6) is 11.5 Å². The van der Waals surface area contributed by atoms with Crippen molar-refractivity contribution in [1.29, 1.82) is 0 Å². The molecule has 0 fully saturated rings. The van der Waals surface area contributed by atoms with E-state index in [1.165, 1.54) is 6.92 Å². The van der Waals surface area contributed by atoms with Crippen molar-refractivity contribution < 1.29 is 9.53 Å². The summed E-state index contributed by atoms with van der Waals surface area (Å²) in [4.78, 5) is 11.5. The van der Waals surface area contributed by atoms with Crippen LogP contribution in [0, 0.1) is 0 Å². The van der Waals surface area contributed by atoms with Crippen LogP contribution in [0.2, 0.25) is 5.02 Å². The lowest BCUT2D eigenvalue weighted by molar-refractivity contribution is 0.101. The number of Topliss-reactive ketones (excluding diaryl/α,β-unsaturated/α-hetero) is 1. The molecule has 0 bridgehead atoms. The van der Waals surface area contributed by atoms with E-state index in [4.69, 9.17) is 16.3 Å². The largest absolute Gasteiger partial charge is 0.455 e. The lowest BCUT2D eigenvalue weighted by atomic mass is 10.1. The number of para-hydroxylation sites is 1. The van der Waals surface area contributed by atoms with Gasteiger partial charge in [-0.25, -0.2) is 0 Å². The Morgan fingerprint density at radius 1 is 1.17 bits per heavy atom. The van der Waals surface area contributed by atoms with E-state index in [-0.39, 0.29) is 5.78 Å². The molecule has 0 spiro atoms. The average molecular weight is 326 g/mol. The molecule has 0 saturated carbocycles. The molecule has 2 nitrogen and oxygen atoms in total. The number of carbonyl (C=O) groups excluding carboxylic acids is 1. The molecule has 0 aliphatic rings. The van der Waals surface area contributed by atoms with Crippen molar-refractivity contribution in [2.45, 2.75) is 6.92 Å². The highest BCUT2D eigenvalue weighted by Crippen LogP contribution is 2.33. The topological polar surface area (TPSA) is 26.3 Å². The summed E-state index contributed by atoms with van der Waals surface area (Å²) in [5.41, 5.74) is 0.555. The van der Waals surface area contributed by atoms with Crippen molar-refractivity contribution in [3.8, 4) is 11.5 Å². The van der Waals surface area contributed by atoms with Crippen LogP contribution in [0.15, 0.2) is 46.9 Å². The van der Waals surface area contributed by atoms with Gasteiger partial charge in [-0.3, -0.25) is 4.79 Å². The van der Waals surface area contributed by atoms with Crippen molar-refractivity contribution in [2.75, 3.05) is 0 Å². The average Bonchev–Trinajstić information content (AvgIpc) is 2.33. The summed E-state index contributed by atoms with van der Waals surface area (Å²) >= 11 is 9.23. The van der Waals surface area contributed by atoms with Gasteiger partial charge in [-0.2, -0.15) is 0 Å². The molecule has 0 atom stereocenters. The third kappa shape index (κ3) is 2.92. The SMILES string of the molecule is CC(=O)c1ccccc1Oc1ccc(Cl)cc1Br. The zero-order valence-electron chi connectivity index (χ0n) is 9.61. The Morgan fingerprint density at radius 3 is 2.56 bits per heavy atom. The van der Waals surface area contributed by atoms with Gasteiger partial charge in [0, 0.05) is 5.02 Å². The highest BCUT2D eigenvalue weighted by atomic mass is 79.9. The van der Waals surface area contributed by atoms with Crippen LogP contribution in [0.3, 0.4) is 0 Å². The first-order valence-electron chi connectivity index (χ1n) is 5.31. The number of hydrogen-bond acceptors (Lipinski definition) is 2. The summed E-state index contributed by atoms with van der Waals surface area (Å²) in [7, 11) is 0. The first-order chi connectivity index (χ1) is 8.58. The van der Waals surface area contributed by atoms with E-state index in [0.717, 1.165) is 4.47 Å². The second-order valence-corrected chi connectivity index (χ2v) is 5.02. The molecular weight excluding hydrogens is 316 g/mol. The number of benzene rings is 2. The molecule has 2 rings (SSSR count). The highest BCUT2D eigenvalue weighted by molar-refractivity contribution is 9.10. The smallest absolute Gasteiger partial charge is 0.163 e. The van der Waals surface area contributed by atoms with E-state index in [0.29, 0.717) is 22.1 Å². The van der Waals surface area contributed by atoms with Gasteiger partial charge in [0.15, 0.2) is 5.78 Å². The standard InChI is InChI=1S/C14H10BrClO2/c1-9(17)11-4-2-3-5-13(11)18-14-7-6-10(16)8-12(14)15/h2-8H,1H3. The molecule has 0 radical (unpaired) electrons. The lowest BCUT2D eigenvalue weighted by Crippen LogP contribution is -1.96. The van der Waals surface area contributed by atoms with E-state index in [2.05, 4.69) is 15.9 Å². The van der Waals surface area contributed by atoms with Gasteiger partial charge in [0.2, 0.25) is 0 Å². The monoisotopic (exact) mass is 324 g/mol. The van der Waals surface area contributed by atoms with Gasteiger partial charge >= 0.3 is 0 Å². The molecule has 0 amide bonds. The highest BCUT2D eigenvalue weighted by Gasteiger charge is 2.10. The maximum absolute atomic E-state index is 11.5. The fourth-order valence-electron chi connectivity index (χ4n) is 1.52. The summed E-state index contributed by atoms with van der Waals surface area (Å²) in [6.07, 6.45) is 0. The molecule has 0 aliphatic heterocycles. The molecule has 18 heavy (non-hydrogen) atoms. The molecule has 92 valence electrons. The Labute approximate surface area is 119 Å². The quantitative estimate of drug-likeness (QED) is 0.734. The van der Waals surface area contributed by atoms with Gasteiger partial charge in [-0.15, -0.1) is 0 Å². The van der Waals surface area contributed by atoms with E-state index >= 15 is 0 Å². The molecule has 2 aromatic carbocycles. The fraction of sp³-hybridized carbons (Fsp3) is 0.0714. The number of rotatable bonds is 3. The van der Waals surface area contributed by atoms with Crippen LogP contribution in [0.1, 0.15) is 17.3 Å². The normalized spacial score (nSPS) is 10.2. The number of carbonyl (C=O) groups is 1. The lowest BCUT2D eigenvalue weighted by Gasteiger charge is -2.10. The molecule has 2 aromatic rings. The molecule has 0 heterocycles. The number of hydrogen-bond donors (Lipinski definition) is 0. The summed E-state index contributed by atoms with van der Waals surface area (Å²) in [5.74, 6) is 1.12. The third-order valence-electron chi connectivity index (χ3n) is 2.38. The summed E-state index contributed by atoms with van der Waals surface area (Å²) in [5, 5.41) is 0.620. The Balaban J connectivity index is 2.37. The number of ketones is 1. The molecule has 4 heteroatoms. The minimum Gasteiger partial charge on any atom is -0.455 e. The van der Waals surface area contributed by atoms with Gasteiger partial charge in [0.05, 0.1) is 10.0 Å². The predicted molar refractivity (Wildman–Crippen MR) is 75.7 cm³/mol. The van der Waals surface area contributed by atoms with Crippen LogP contribution < -0.4 is 4.74 Å². The number of halogens is 2. The van der Waals surface area contributed by atoms with Crippen molar-refractivity contribution >= 4 is 33.3 Å². The summed E-state index contributed by atoms with van der Waals surface area (Å²) < 4.78 is 6.47. The second-order valence-electron chi connectivity index (χ2n) is 3.73. The van der Waals surface area contributed by atoms with Crippen LogP contribution in [-0.4, -0.2) is 5.78 Å².